The number of likely N-dealkylation sites (tertiary alicyclic amines) is 1. The first-order chi connectivity index (χ1) is 15.5. The number of ether oxygens (including phenoxy) is 1. The Morgan fingerprint density at radius 1 is 1.16 bits per heavy atom. The predicted octanol–water partition coefficient (Wildman–Crippen LogP) is 1.94. The van der Waals surface area contributed by atoms with E-state index in [1.807, 2.05) is 17.0 Å². The van der Waals surface area contributed by atoms with Crippen molar-refractivity contribution in [1.29, 1.82) is 0 Å². The van der Waals surface area contributed by atoms with Crippen LogP contribution in [0.2, 0.25) is 0 Å². The zero-order chi connectivity index (χ0) is 22.4. The van der Waals surface area contributed by atoms with E-state index in [2.05, 4.69) is 27.0 Å². The molecule has 0 saturated carbocycles. The molecule has 2 aliphatic rings. The summed E-state index contributed by atoms with van der Waals surface area (Å²) in [5.74, 6) is 1.27. The standard InChI is InChI=1S/C24H33N5O3/c1-27(18-24(31)9-4-14-29(19-24)22-15-25-10-11-26-22)23(30)17-32-21-7-5-20(6-8-21)16-28-12-2-3-13-28/h5-8,10-11,15,31H,2-4,9,12-14,16-19H2,1H3/t24-/m0/s1. The molecular weight excluding hydrogens is 406 g/mol. The van der Waals surface area contributed by atoms with Crippen molar-refractivity contribution in [2.75, 3.05) is 51.3 Å². The minimum Gasteiger partial charge on any atom is -0.484 e. The van der Waals surface area contributed by atoms with Crippen LogP contribution in [0.4, 0.5) is 5.82 Å². The molecule has 3 heterocycles. The van der Waals surface area contributed by atoms with Crippen LogP contribution in [0.15, 0.2) is 42.9 Å². The number of carbonyl (C=O) groups excluding carboxylic acids is 1. The SMILES string of the molecule is CN(C[C@@]1(O)CCCN(c2cnccn2)C1)C(=O)COc1ccc(CN2CCCC2)cc1. The maximum absolute atomic E-state index is 12.6. The molecule has 1 aromatic carbocycles. The molecule has 2 fully saturated rings. The van der Waals surface area contributed by atoms with Crippen LogP contribution < -0.4 is 9.64 Å². The number of benzene rings is 1. The van der Waals surface area contributed by atoms with Crippen LogP contribution in [0, 0.1) is 0 Å². The number of likely N-dealkylation sites (N-methyl/N-ethyl adjacent to an activating group) is 1. The fourth-order valence-electron chi connectivity index (χ4n) is 4.57. The Balaban J connectivity index is 1.25. The van der Waals surface area contributed by atoms with E-state index in [0.29, 0.717) is 18.7 Å². The monoisotopic (exact) mass is 439 g/mol. The molecule has 0 radical (unpaired) electrons. The van der Waals surface area contributed by atoms with Crippen molar-refractivity contribution in [3.05, 3.63) is 48.4 Å². The highest BCUT2D eigenvalue weighted by Gasteiger charge is 2.36. The summed E-state index contributed by atoms with van der Waals surface area (Å²) in [5.41, 5.74) is 0.270. The van der Waals surface area contributed by atoms with Gasteiger partial charge < -0.3 is 19.6 Å². The number of β-amino-alcohol motifs (C(OH)–C–C–N with tert-alkyl or cyclic N) is 1. The van der Waals surface area contributed by atoms with Crippen LogP contribution in [0.5, 0.6) is 5.75 Å². The van der Waals surface area contributed by atoms with Gasteiger partial charge in [0.2, 0.25) is 0 Å². The predicted molar refractivity (Wildman–Crippen MR) is 123 cm³/mol. The highest BCUT2D eigenvalue weighted by atomic mass is 16.5. The van der Waals surface area contributed by atoms with Gasteiger partial charge in [0.15, 0.2) is 6.61 Å². The summed E-state index contributed by atoms with van der Waals surface area (Å²) in [7, 11) is 1.71. The number of aliphatic hydroxyl groups is 1. The Morgan fingerprint density at radius 2 is 1.94 bits per heavy atom. The Morgan fingerprint density at radius 3 is 2.66 bits per heavy atom. The van der Waals surface area contributed by atoms with E-state index in [0.717, 1.165) is 25.3 Å². The Labute approximate surface area is 189 Å². The van der Waals surface area contributed by atoms with Crippen molar-refractivity contribution >= 4 is 11.7 Å². The molecule has 2 aliphatic heterocycles. The minimum atomic E-state index is -0.989. The second-order valence-electron chi connectivity index (χ2n) is 8.98. The number of hydrogen-bond acceptors (Lipinski definition) is 7. The van der Waals surface area contributed by atoms with Gasteiger partial charge in [-0.2, -0.15) is 0 Å². The molecule has 0 unspecified atom stereocenters. The molecule has 2 saturated heterocycles. The molecule has 4 rings (SSSR count). The highest BCUT2D eigenvalue weighted by Crippen LogP contribution is 2.25. The van der Waals surface area contributed by atoms with Crippen molar-refractivity contribution in [2.45, 2.75) is 37.8 Å². The van der Waals surface area contributed by atoms with Gasteiger partial charge in [-0.15, -0.1) is 0 Å². The molecule has 172 valence electrons. The third kappa shape index (κ3) is 5.95. The van der Waals surface area contributed by atoms with Crippen molar-refractivity contribution in [1.82, 2.24) is 19.8 Å². The largest absolute Gasteiger partial charge is 0.484 e. The number of amides is 1. The molecular formula is C24H33N5O3. The molecule has 0 aliphatic carbocycles. The fourth-order valence-corrected chi connectivity index (χ4v) is 4.57. The Hall–Kier alpha value is -2.71. The maximum Gasteiger partial charge on any atom is 0.260 e. The van der Waals surface area contributed by atoms with Gasteiger partial charge in [0.1, 0.15) is 11.6 Å². The molecule has 32 heavy (non-hydrogen) atoms. The number of nitrogens with zero attached hydrogens (tertiary/aromatic N) is 5. The number of carbonyl (C=O) groups is 1. The van der Waals surface area contributed by atoms with Crippen molar-refractivity contribution in [3.63, 3.8) is 0 Å². The quantitative estimate of drug-likeness (QED) is 0.673. The molecule has 8 heteroatoms. The van der Waals surface area contributed by atoms with E-state index >= 15 is 0 Å². The van der Waals surface area contributed by atoms with E-state index < -0.39 is 5.60 Å². The van der Waals surface area contributed by atoms with E-state index in [1.165, 1.54) is 31.5 Å². The third-order valence-electron chi connectivity index (χ3n) is 6.28. The van der Waals surface area contributed by atoms with Gasteiger partial charge >= 0.3 is 0 Å². The summed E-state index contributed by atoms with van der Waals surface area (Å²) >= 11 is 0. The molecule has 1 N–H and O–H groups in total. The number of anilines is 1. The topological polar surface area (TPSA) is 82.0 Å². The molecule has 2 aromatic rings. The van der Waals surface area contributed by atoms with Gasteiger partial charge in [-0.1, -0.05) is 12.1 Å². The smallest absolute Gasteiger partial charge is 0.260 e. The summed E-state index contributed by atoms with van der Waals surface area (Å²) in [5, 5.41) is 11.1. The average Bonchev–Trinajstić information content (AvgIpc) is 3.32. The summed E-state index contributed by atoms with van der Waals surface area (Å²) in [6.45, 7) is 4.74. The summed E-state index contributed by atoms with van der Waals surface area (Å²) < 4.78 is 5.71. The number of hydrogen-bond donors (Lipinski definition) is 1. The van der Waals surface area contributed by atoms with E-state index in [4.69, 9.17) is 4.74 Å². The van der Waals surface area contributed by atoms with Gasteiger partial charge in [0.25, 0.3) is 5.91 Å². The summed E-state index contributed by atoms with van der Waals surface area (Å²) in [6, 6.07) is 7.97. The van der Waals surface area contributed by atoms with Gasteiger partial charge in [0, 0.05) is 39.1 Å². The lowest BCUT2D eigenvalue weighted by atomic mass is 9.92. The second kappa shape index (κ2) is 10.3. The van der Waals surface area contributed by atoms with E-state index in [-0.39, 0.29) is 19.1 Å². The summed E-state index contributed by atoms with van der Waals surface area (Å²) in [6.07, 6.45) is 9.01. The van der Waals surface area contributed by atoms with Crippen LogP contribution in [-0.2, 0) is 11.3 Å². The van der Waals surface area contributed by atoms with Crippen molar-refractivity contribution < 1.29 is 14.6 Å². The van der Waals surface area contributed by atoms with Crippen LogP contribution in [-0.4, -0.2) is 82.8 Å². The first-order valence-electron chi connectivity index (χ1n) is 11.4. The van der Waals surface area contributed by atoms with Crippen LogP contribution in [0.1, 0.15) is 31.2 Å². The molecule has 1 amide bonds. The average molecular weight is 440 g/mol. The van der Waals surface area contributed by atoms with Gasteiger partial charge in [-0.3, -0.25) is 14.7 Å². The lowest BCUT2D eigenvalue weighted by Crippen LogP contribution is -2.55. The van der Waals surface area contributed by atoms with Gasteiger partial charge in [0.05, 0.1) is 18.3 Å². The van der Waals surface area contributed by atoms with Crippen molar-refractivity contribution in [3.8, 4) is 5.75 Å². The van der Waals surface area contributed by atoms with Crippen molar-refractivity contribution in [2.24, 2.45) is 0 Å². The Bertz CT molecular complexity index is 873. The molecule has 1 atom stereocenters. The zero-order valence-electron chi connectivity index (χ0n) is 18.8. The summed E-state index contributed by atoms with van der Waals surface area (Å²) in [4.78, 5) is 27.1. The lowest BCUT2D eigenvalue weighted by Gasteiger charge is -2.41. The Kier molecular flexibility index (Phi) is 7.22. The lowest BCUT2D eigenvalue weighted by molar-refractivity contribution is -0.135. The molecule has 8 nitrogen and oxygen atoms in total. The number of piperidine rings is 1. The minimum absolute atomic E-state index is 0.0497. The first kappa shape index (κ1) is 22.5. The third-order valence-corrected chi connectivity index (χ3v) is 6.28. The van der Waals surface area contributed by atoms with Crippen LogP contribution in [0.3, 0.4) is 0 Å². The van der Waals surface area contributed by atoms with E-state index in [9.17, 15) is 9.90 Å². The van der Waals surface area contributed by atoms with Crippen LogP contribution in [0.25, 0.3) is 0 Å². The first-order valence-corrected chi connectivity index (χ1v) is 11.4. The molecule has 0 bridgehead atoms. The number of rotatable bonds is 8. The molecule has 1 aromatic heterocycles. The van der Waals surface area contributed by atoms with Gasteiger partial charge in [-0.05, 0) is 56.5 Å². The normalized spacial score (nSPS) is 21.5. The fraction of sp³-hybridized carbons (Fsp3) is 0.542. The second-order valence-corrected chi connectivity index (χ2v) is 8.98. The maximum atomic E-state index is 12.6. The zero-order valence-corrected chi connectivity index (χ0v) is 18.8. The molecule has 0 spiro atoms. The highest BCUT2D eigenvalue weighted by molar-refractivity contribution is 5.77. The van der Waals surface area contributed by atoms with E-state index in [1.54, 1.807) is 30.5 Å². The van der Waals surface area contributed by atoms with Gasteiger partial charge in [-0.25, -0.2) is 4.98 Å². The van der Waals surface area contributed by atoms with Crippen LogP contribution >= 0.6 is 0 Å². The number of aromatic nitrogens is 2.